The monoisotopic (exact) mass is 796 g/mol. The van der Waals surface area contributed by atoms with Gasteiger partial charge < -0.3 is 23.7 Å². The van der Waals surface area contributed by atoms with E-state index in [-0.39, 0.29) is 30.6 Å². The Hall–Kier alpha value is -5.35. The van der Waals surface area contributed by atoms with Gasteiger partial charge in [-0.3, -0.25) is 9.59 Å². The fraction of sp³-hybridized carbons (Fsp3) is 0.521. The Balaban J connectivity index is 1.26. The van der Waals surface area contributed by atoms with E-state index in [4.69, 9.17) is 23.7 Å². The molecular formula is C48H60O10. The van der Waals surface area contributed by atoms with E-state index in [1.807, 2.05) is 0 Å². The van der Waals surface area contributed by atoms with Gasteiger partial charge in [-0.05, 0) is 106 Å². The first-order valence-electron chi connectivity index (χ1n) is 21.0. The average molecular weight is 797 g/mol. The third kappa shape index (κ3) is 20.7. The van der Waals surface area contributed by atoms with E-state index in [1.165, 1.54) is 44.9 Å². The number of benzene rings is 2. The van der Waals surface area contributed by atoms with Crippen LogP contribution in [0.4, 0.5) is 0 Å². The zero-order valence-corrected chi connectivity index (χ0v) is 34.2. The van der Waals surface area contributed by atoms with Gasteiger partial charge >= 0.3 is 29.8 Å². The quantitative estimate of drug-likeness (QED) is 0.0253. The second-order valence-electron chi connectivity index (χ2n) is 14.5. The van der Waals surface area contributed by atoms with Gasteiger partial charge in [0.25, 0.3) is 0 Å². The molecule has 0 atom stereocenters. The summed E-state index contributed by atoms with van der Waals surface area (Å²) in [4.78, 5) is 60.6. The van der Waals surface area contributed by atoms with Crippen molar-refractivity contribution in [3.63, 3.8) is 0 Å². The summed E-state index contributed by atoms with van der Waals surface area (Å²) in [5.74, 6) is 9.02. The Morgan fingerprint density at radius 2 is 1.24 bits per heavy atom. The van der Waals surface area contributed by atoms with Crippen molar-refractivity contribution >= 4 is 29.8 Å². The minimum absolute atomic E-state index is 0.0234. The minimum Gasteiger partial charge on any atom is -0.465 e. The van der Waals surface area contributed by atoms with Gasteiger partial charge in [-0.1, -0.05) is 89.1 Å². The van der Waals surface area contributed by atoms with Crippen LogP contribution in [0.3, 0.4) is 0 Å². The van der Waals surface area contributed by atoms with Crippen LogP contribution in [0.1, 0.15) is 150 Å². The molecule has 1 aliphatic carbocycles. The number of ether oxygens (including phenoxy) is 5. The molecule has 0 radical (unpaired) electrons. The van der Waals surface area contributed by atoms with Crippen LogP contribution in [0.15, 0.2) is 61.2 Å². The number of unbranched alkanes of at least 4 members (excludes halogenated alkanes) is 12. The molecule has 2 aromatic carbocycles. The summed E-state index contributed by atoms with van der Waals surface area (Å²) in [6.07, 6.45) is 19.0. The maximum atomic E-state index is 12.8. The second kappa shape index (κ2) is 29.0. The molecule has 0 spiro atoms. The third-order valence-corrected chi connectivity index (χ3v) is 9.74. The van der Waals surface area contributed by atoms with Crippen LogP contribution >= 0.6 is 0 Å². The second-order valence-corrected chi connectivity index (χ2v) is 14.5. The zero-order chi connectivity index (χ0) is 41.6. The molecule has 0 saturated heterocycles. The van der Waals surface area contributed by atoms with Gasteiger partial charge in [-0.2, -0.15) is 0 Å². The first kappa shape index (κ1) is 47.0. The molecule has 0 heterocycles. The maximum Gasteiger partial charge on any atom is 0.390 e. The van der Waals surface area contributed by atoms with Crippen molar-refractivity contribution in [1.82, 2.24) is 0 Å². The first-order chi connectivity index (χ1) is 28.3. The Labute approximate surface area is 344 Å². The SMILES string of the molecule is C=CC(=O)OCCCCCCOC(=O)C1CCC(OC(=O)c2ccc(C#CC(=O)Oc3ccc(C#CCOC(=O)CCCCCCCCCCCC)cc3)cc2)CC1. The van der Waals surface area contributed by atoms with E-state index in [0.29, 0.717) is 67.8 Å². The van der Waals surface area contributed by atoms with Crippen LogP contribution in [-0.4, -0.2) is 55.8 Å². The fourth-order valence-corrected chi connectivity index (χ4v) is 6.35. The molecule has 0 aliphatic heterocycles. The van der Waals surface area contributed by atoms with Crippen molar-refractivity contribution in [2.24, 2.45) is 5.92 Å². The molecule has 0 amide bonds. The molecule has 0 bridgehead atoms. The molecule has 58 heavy (non-hydrogen) atoms. The largest absolute Gasteiger partial charge is 0.465 e. The standard InChI is InChI=1S/C48H60O10/c1-3-5-6-7-8-9-10-11-12-15-20-45(50)55-37-18-19-38-23-30-42(31-24-38)57-46(51)34-25-39-21-26-41(27-22-39)48(53)58-43-32-28-40(29-33-43)47(52)56-36-17-14-13-16-35-54-44(49)4-2/h4,21-24,26-27,30-31,40,43H,2-3,5-17,20,28-29,32-33,35-37H2,1H3. The molecule has 0 N–H and O–H groups in total. The molecule has 312 valence electrons. The van der Waals surface area contributed by atoms with Gasteiger partial charge in [-0.15, -0.1) is 0 Å². The highest BCUT2D eigenvalue weighted by Crippen LogP contribution is 2.28. The Bertz CT molecular complexity index is 1700. The molecule has 2 aromatic rings. The minimum atomic E-state index is -0.739. The molecule has 1 aliphatic rings. The Kier molecular flexibility index (Phi) is 23.5. The van der Waals surface area contributed by atoms with Crippen molar-refractivity contribution in [2.45, 2.75) is 135 Å². The summed E-state index contributed by atoms with van der Waals surface area (Å²) in [6, 6.07) is 13.1. The average Bonchev–Trinajstić information content (AvgIpc) is 3.24. The summed E-state index contributed by atoms with van der Waals surface area (Å²) in [5, 5.41) is 0. The number of rotatable bonds is 24. The van der Waals surface area contributed by atoms with Gasteiger partial charge in [0.15, 0.2) is 6.61 Å². The summed E-state index contributed by atoms with van der Waals surface area (Å²) in [5.41, 5.74) is 1.57. The molecular weight excluding hydrogens is 737 g/mol. The predicted molar refractivity (Wildman–Crippen MR) is 221 cm³/mol. The molecule has 1 fully saturated rings. The Morgan fingerprint density at radius 3 is 1.88 bits per heavy atom. The lowest BCUT2D eigenvalue weighted by atomic mass is 9.87. The first-order valence-corrected chi connectivity index (χ1v) is 21.0. The lowest BCUT2D eigenvalue weighted by Crippen LogP contribution is -2.29. The molecule has 1 saturated carbocycles. The maximum absolute atomic E-state index is 12.8. The molecule has 0 aromatic heterocycles. The van der Waals surface area contributed by atoms with Crippen LogP contribution in [-0.2, 0) is 38.1 Å². The van der Waals surface area contributed by atoms with Crippen LogP contribution in [0, 0.1) is 29.6 Å². The zero-order valence-electron chi connectivity index (χ0n) is 34.2. The third-order valence-electron chi connectivity index (χ3n) is 9.74. The van der Waals surface area contributed by atoms with Crippen LogP contribution in [0.25, 0.3) is 0 Å². The number of carbonyl (C=O) groups is 5. The smallest absolute Gasteiger partial charge is 0.390 e. The highest BCUT2D eigenvalue weighted by Gasteiger charge is 2.29. The van der Waals surface area contributed by atoms with Crippen molar-refractivity contribution in [3.05, 3.63) is 77.9 Å². The molecule has 10 nitrogen and oxygen atoms in total. The summed E-state index contributed by atoms with van der Waals surface area (Å²) >= 11 is 0. The van der Waals surface area contributed by atoms with E-state index in [0.717, 1.165) is 51.0 Å². The highest BCUT2D eigenvalue weighted by molar-refractivity contribution is 5.91. The fourth-order valence-electron chi connectivity index (χ4n) is 6.35. The van der Waals surface area contributed by atoms with Gasteiger partial charge in [0.1, 0.15) is 11.9 Å². The molecule has 10 heteroatoms. The summed E-state index contributed by atoms with van der Waals surface area (Å²) in [6.45, 7) is 6.32. The molecule has 3 rings (SSSR count). The van der Waals surface area contributed by atoms with Crippen molar-refractivity contribution < 1.29 is 47.7 Å². The lowest BCUT2D eigenvalue weighted by molar-refractivity contribution is -0.150. The summed E-state index contributed by atoms with van der Waals surface area (Å²) in [7, 11) is 0. The number of carbonyl (C=O) groups excluding carboxylic acids is 5. The number of hydrogen-bond acceptors (Lipinski definition) is 10. The van der Waals surface area contributed by atoms with E-state index in [9.17, 15) is 24.0 Å². The number of hydrogen-bond donors (Lipinski definition) is 0. The van der Waals surface area contributed by atoms with E-state index in [2.05, 4.69) is 37.2 Å². The van der Waals surface area contributed by atoms with E-state index < -0.39 is 17.9 Å². The predicted octanol–water partition coefficient (Wildman–Crippen LogP) is 9.40. The van der Waals surface area contributed by atoms with Crippen molar-refractivity contribution in [2.75, 3.05) is 19.8 Å². The van der Waals surface area contributed by atoms with Crippen LogP contribution in [0.2, 0.25) is 0 Å². The van der Waals surface area contributed by atoms with Crippen molar-refractivity contribution in [1.29, 1.82) is 0 Å². The lowest BCUT2D eigenvalue weighted by Gasteiger charge is -2.27. The van der Waals surface area contributed by atoms with Gasteiger partial charge in [0.2, 0.25) is 0 Å². The Morgan fingerprint density at radius 1 is 0.672 bits per heavy atom. The topological polar surface area (TPSA) is 132 Å². The molecule has 0 unspecified atom stereocenters. The van der Waals surface area contributed by atoms with Gasteiger partial charge in [0, 0.05) is 29.5 Å². The van der Waals surface area contributed by atoms with E-state index >= 15 is 0 Å². The normalized spacial score (nSPS) is 14.4. The van der Waals surface area contributed by atoms with Crippen molar-refractivity contribution in [3.8, 4) is 29.4 Å². The van der Waals surface area contributed by atoms with Crippen LogP contribution < -0.4 is 4.74 Å². The van der Waals surface area contributed by atoms with Gasteiger partial charge in [-0.25, -0.2) is 14.4 Å². The highest BCUT2D eigenvalue weighted by atomic mass is 16.6. The number of esters is 5. The van der Waals surface area contributed by atoms with Gasteiger partial charge in [0.05, 0.1) is 24.7 Å². The summed E-state index contributed by atoms with van der Waals surface area (Å²) < 4.78 is 26.6. The van der Waals surface area contributed by atoms with Crippen LogP contribution in [0.5, 0.6) is 5.75 Å². The van der Waals surface area contributed by atoms with E-state index in [1.54, 1.807) is 48.5 Å².